The van der Waals surface area contributed by atoms with Crippen LogP contribution in [-0.4, -0.2) is 18.5 Å². The van der Waals surface area contributed by atoms with Crippen molar-refractivity contribution >= 4 is 5.78 Å². The van der Waals surface area contributed by atoms with E-state index in [4.69, 9.17) is 4.74 Å². The monoisotopic (exact) mass is 212 g/mol. The molecule has 0 saturated heterocycles. The standard InChI is InChI=1S/C13H24O2/c1-2-3-4-5-8-11-15-13-10-7-6-9-12(13)14/h13H,2-11H2,1H3. The average Bonchev–Trinajstić information content (AvgIpc) is 2.25. The number of carbonyl (C=O) groups excluding carboxylic acids is 1. The largest absolute Gasteiger partial charge is 0.370 e. The molecular formula is C13H24O2. The smallest absolute Gasteiger partial charge is 0.161 e. The first-order valence-electron chi connectivity index (χ1n) is 6.49. The van der Waals surface area contributed by atoms with Crippen molar-refractivity contribution < 1.29 is 9.53 Å². The van der Waals surface area contributed by atoms with Gasteiger partial charge < -0.3 is 4.74 Å². The van der Waals surface area contributed by atoms with Gasteiger partial charge in [0, 0.05) is 13.0 Å². The summed E-state index contributed by atoms with van der Waals surface area (Å²) in [5.74, 6) is 0.329. The Bertz CT molecular complexity index is 177. The van der Waals surface area contributed by atoms with Crippen LogP contribution in [0.25, 0.3) is 0 Å². The summed E-state index contributed by atoms with van der Waals surface area (Å²) in [6.45, 7) is 3.00. The molecule has 0 radical (unpaired) electrons. The van der Waals surface area contributed by atoms with Gasteiger partial charge >= 0.3 is 0 Å². The minimum absolute atomic E-state index is 0.0649. The fourth-order valence-electron chi connectivity index (χ4n) is 2.06. The van der Waals surface area contributed by atoms with Crippen LogP contribution in [0.1, 0.15) is 64.7 Å². The Morgan fingerprint density at radius 2 is 2.00 bits per heavy atom. The predicted octanol–water partition coefficient (Wildman–Crippen LogP) is 3.49. The van der Waals surface area contributed by atoms with E-state index in [0.29, 0.717) is 5.78 Å². The second-order valence-electron chi connectivity index (χ2n) is 4.49. The van der Waals surface area contributed by atoms with Crippen LogP contribution in [0.4, 0.5) is 0 Å². The van der Waals surface area contributed by atoms with Gasteiger partial charge in [0.25, 0.3) is 0 Å². The first-order valence-corrected chi connectivity index (χ1v) is 6.49. The highest BCUT2D eigenvalue weighted by Crippen LogP contribution is 2.17. The maximum absolute atomic E-state index is 11.4. The third-order valence-electron chi connectivity index (χ3n) is 3.07. The highest BCUT2D eigenvalue weighted by molar-refractivity contribution is 5.83. The van der Waals surface area contributed by atoms with Gasteiger partial charge in [0.05, 0.1) is 0 Å². The van der Waals surface area contributed by atoms with Crippen molar-refractivity contribution in [1.82, 2.24) is 0 Å². The number of carbonyl (C=O) groups is 1. The second-order valence-corrected chi connectivity index (χ2v) is 4.49. The van der Waals surface area contributed by atoms with E-state index in [-0.39, 0.29) is 6.10 Å². The van der Waals surface area contributed by atoms with Gasteiger partial charge in [-0.1, -0.05) is 32.6 Å². The van der Waals surface area contributed by atoms with E-state index in [1.165, 1.54) is 25.7 Å². The lowest BCUT2D eigenvalue weighted by atomic mass is 9.96. The molecular weight excluding hydrogens is 188 g/mol. The molecule has 0 heterocycles. The number of rotatable bonds is 7. The molecule has 0 amide bonds. The van der Waals surface area contributed by atoms with Crippen molar-refractivity contribution in [2.75, 3.05) is 6.61 Å². The first-order chi connectivity index (χ1) is 7.34. The van der Waals surface area contributed by atoms with E-state index in [1.54, 1.807) is 0 Å². The topological polar surface area (TPSA) is 26.3 Å². The Labute approximate surface area is 93.4 Å². The van der Waals surface area contributed by atoms with Gasteiger partial charge in [-0.15, -0.1) is 0 Å². The van der Waals surface area contributed by atoms with Crippen LogP contribution >= 0.6 is 0 Å². The Morgan fingerprint density at radius 3 is 2.73 bits per heavy atom. The molecule has 1 fully saturated rings. The Kier molecular flexibility index (Phi) is 6.66. The highest BCUT2D eigenvalue weighted by atomic mass is 16.5. The SMILES string of the molecule is CCCCCCCOC1CCCCC1=O. The van der Waals surface area contributed by atoms with Crippen LogP contribution < -0.4 is 0 Å². The average molecular weight is 212 g/mol. The van der Waals surface area contributed by atoms with Crippen LogP contribution in [0.15, 0.2) is 0 Å². The van der Waals surface area contributed by atoms with Crippen molar-refractivity contribution in [1.29, 1.82) is 0 Å². The van der Waals surface area contributed by atoms with Gasteiger partial charge in [-0.2, -0.15) is 0 Å². The number of hydrogen-bond acceptors (Lipinski definition) is 2. The summed E-state index contributed by atoms with van der Waals surface area (Å²) in [6.07, 6.45) is 10.1. The van der Waals surface area contributed by atoms with Crippen LogP contribution in [-0.2, 0) is 9.53 Å². The Morgan fingerprint density at radius 1 is 1.20 bits per heavy atom. The van der Waals surface area contributed by atoms with Gasteiger partial charge in [0.1, 0.15) is 6.10 Å². The van der Waals surface area contributed by atoms with E-state index in [1.807, 2.05) is 0 Å². The Balaban J connectivity index is 1.96. The minimum atomic E-state index is -0.0649. The van der Waals surface area contributed by atoms with Gasteiger partial charge in [-0.3, -0.25) is 4.79 Å². The molecule has 0 aromatic heterocycles. The zero-order valence-corrected chi connectivity index (χ0v) is 9.96. The van der Waals surface area contributed by atoms with Gasteiger partial charge in [-0.25, -0.2) is 0 Å². The molecule has 1 saturated carbocycles. The summed E-state index contributed by atoms with van der Waals surface area (Å²) in [4.78, 5) is 11.4. The van der Waals surface area contributed by atoms with Gasteiger partial charge in [-0.05, 0) is 25.7 Å². The number of ketones is 1. The van der Waals surface area contributed by atoms with Crippen molar-refractivity contribution in [3.63, 3.8) is 0 Å². The molecule has 0 N–H and O–H groups in total. The van der Waals surface area contributed by atoms with Crippen molar-refractivity contribution in [2.45, 2.75) is 70.8 Å². The van der Waals surface area contributed by atoms with Gasteiger partial charge in [0.15, 0.2) is 5.78 Å². The van der Waals surface area contributed by atoms with Gasteiger partial charge in [0.2, 0.25) is 0 Å². The summed E-state index contributed by atoms with van der Waals surface area (Å²) in [7, 11) is 0. The first kappa shape index (κ1) is 12.7. The molecule has 2 heteroatoms. The van der Waals surface area contributed by atoms with Crippen LogP contribution in [0.5, 0.6) is 0 Å². The maximum atomic E-state index is 11.4. The molecule has 0 spiro atoms. The lowest BCUT2D eigenvalue weighted by Gasteiger charge is -2.20. The van der Waals surface area contributed by atoms with E-state index < -0.39 is 0 Å². The van der Waals surface area contributed by atoms with Crippen LogP contribution in [0.3, 0.4) is 0 Å². The van der Waals surface area contributed by atoms with E-state index in [2.05, 4.69) is 6.92 Å². The molecule has 1 unspecified atom stereocenters. The molecule has 1 atom stereocenters. The Hall–Kier alpha value is -0.370. The normalized spacial score (nSPS) is 21.9. The minimum Gasteiger partial charge on any atom is -0.370 e. The van der Waals surface area contributed by atoms with Crippen LogP contribution in [0, 0.1) is 0 Å². The fraction of sp³-hybridized carbons (Fsp3) is 0.923. The van der Waals surface area contributed by atoms with Crippen LogP contribution in [0.2, 0.25) is 0 Å². The molecule has 0 aromatic rings. The number of hydrogen-bond donors (Lipinski definition) is 0. The third-order valence-corrected chi connectivity index (χ3v) is 3.07. The number of ether oxygens (including phenoxy) is 1. The molecule has 1 rings (SSSR count). The molecule has 1 aliphatic carbocycles. The molecule has 0 bridgehead atoms. The summed E-state index contributed by atoms with van der Waals surface area (Å²) in [6, 6.07) is 0. The summed E-state index contributed by atoms with van der Waals surface area (Å²) in [5.41, 5.74) is 0. The lowest BCUT2D eigenvalue weighted by Crippen LogP contribution is -2.27. The number of unbranched alkanes of at least 4 members (excludes halogenated alkanes) is 4. The zero-order valence-electron chi connectivity index (χ0n) is 9.96. The van der Waals surface area contributed by atoms with E-state index >= 15 is 0 Å². The molecule has 88 valence electrons. The van der Waals surface area contributed by atoms with E-state index in [0.717, 1.165) is 38.7 Å². The van der Waals surface area contributed by atoms with E-state index in [9.17, 15) is 4.79 Å². The second kappa shape index (κ2) is 7.86. The third kappa shape index (κ3) is 5.31. The van der Waals surface area contributed by atoms with Crippen molar-refractivity contribution in [3.8, 4) is 0 Å². The number of Topliss-reactive ketones (excluding diaryl/α,β-unsaturated/α-hetero) is 1. The molecule has 2 nitrogen and oxygen atoms in total. The highest BCUT2D eigenvalue weighted by Gasteiger charge is 2.22. The molecule has 15 heavy (non-hydrogen) atoms. The molecule has 1 aliphatic rings. The quantitative estimate of drug-likeness (QED) is 0.604. The molecule has 0 aliphatic heterocycles. The summed E-state index contributed by atoms with van der Waals surface area (Å²) < 4.78 is 5.63. The summed E-state index contributed by atoms with van der Waals surface area (Å²) >= 11 is 0. The summed E-state index contributed by atoms with van der Waals surface area (Å²) in [5, 5.41) is 0. The molecule has 0 aromatic carbocycles. The fourth-order valence-corrected chi connectivity index (χ4v) is 2.06. The van der Waals surface area contributed by atoms with Crippen molar-refractivity contribution in [3.05, 3.63) is 0 Å². The lowest BCUT2D eigenvalue weighted by molar-refractivity contribution is -0.133. The predicted molar refractivity (Wildman–Crippen MR) is 62.0 cm³/mol. The zero-order chi connectivity index (χ0) is 10.9. The maximum Gasteiger partial charge on any atom is 0.161 e. The van der Waals surface area contributed by atoms with Crippen molar-refractivity contribution in [2.24, 2.45) is 0 Å².